The van der Waals surface area contributed by atoms with Gasteiger partial charge >= 0.3 is 0 Å². The van der Waals surface area contributed by atoms with Crippen molar-refractivity contribution in [3.05, 3.63) is 59.4 Å². The lowest BCUT2D eigenvalue weighted by molar-refractivity contribution is 0.0951. The number of rotatable bonds is 5. The van der Waals surface area contributed by atoms with Crippen molar-refractivity contribution >= 4 is 11.6 Å². The zero-order chi connectivity index (χ0) is 15.1. The molecule has 2 aromatic rings. The Hall–Kier alpha value is -2.87. The molecule has 0 aliphatic rings. The molecule has 0 unspecified atom stereocenters. The molecule has 0 saturated carbocycles. The Balaban J connectivity index is 2.03. The lowest BCUT2D eigenvalue weighted by atomic mass is 10.1. The van der Waals surface area contributed by atoms with Crippen LogP contribution < -0.4 is 10.6 Å². The summed E-state index contributed by atoms with van der Waals surface area (Å²) >= 11 is 0. The van der Waals surface area contributed by atoms with Gasteiger partial charge in [-0.15, -0.1) is 0 Å². The second-order valence-electron chi connectivity index (χ2n) is 4.44. The minimum absolute atomic E-state index is 0.155. The minimum atomic E-state index is -0.155. The van der Waals surface area contributed by atoms with Crippen molar-refractivity contribution in [2.45, 2.75) is 13.5 Å². The van der Waals surface area contributed by atoms with Crippen molar-refractivity contribution in [1.82, 2.24) is 10.3 Å². The van der Waals surface area contributed by atoms with Crippen molar-refractivity contribution < 1.29 is 4.79 Å². The number of nitriles is 1. The maximum atomic E-state index is 12.2. The fourth-order valence-corrected chi connectivity index (χ4v) is 1.90. The highest BCUT2D eigenvalue weighted by molar-refractivity contribution is 5.99. The molecule has 5 heteroatoms. The van der Waals surface area contributed by atoms with Crippen LogP contribution in [0.2, 0.25) is 0 Å². The summed E-state index contributed by atoms with van der Waals surface area (Å²) < 4.78 is 0. The monoisotopic (exact) mass is 280 g/mol. The Labute approximate surface area is 123 Å². The van der Waals surface area contributed by atoms with Crippen molar-refractivity contribution in [3.63, 3.8) is 0 Å². The van der Waals surface area contributed by atoms with Crippen LogP contribution in [0.15, 0.2) is 42.7 Å². The summed E-state index contributed by atoms with van der Waals surface area (Å²) in [4.78, 5) is 16.2. The summed E-state index contributed by atoms with van der Waals surface area (Å²) in [6, 6.07) is 10.9. The number of amides is 1. The molecule has 1 amide bonds. The van der Waals surface area contributed by atoms with E-state index in [4.69, 9.17) is 5.26 Å². The molecule has 0 spiro atoms. The van der Waals surface area contributed by atoms with E-state index in [1.165, 1.54) is 0 Å². The molecule has 0 atom stereocenters. The third-order valence-electron chi connectivity index (χ3n) is 2.97. The smallest absolute Gasteiger partial charge is 0.253 e. The molecule has 0 radical (unpaired) electrons. The zero-order valence-corrected chi connectivity index (χ0v) is 11.8. The third-order valence-corrected chi connectivity index (χ3v) is 2.97. The van der Waals surface area contributed by atoms with E-state index in [1.807, 2.05) is 19.1 Å². The van der Waals surface area contributed by atoms with Crippen molar-refractivity contribution in [2.75, 3.05) is 11.9 Å². The Morgan fingerprint density at radius 2 is 2.05 bits per heavy atom. The van der Waals surface area contributed by atoms with Crippen molar-refractivity contribution in [1.29, 1.82) is 5.26 Å². The molecule has 0 bridgehead atoms. The van der Waals surface area contributed by atoms with Crippen LogP contribution in [0.1, 0.15) is 28.4 Å². The summed E-state index contributed by atoms with van der Waals surface area (Å²) in [7, 11) is 0. The molecule has 1 heterocycles. The van der Waals surface area contributed by atoms with Crippen LogP contribution >= 0.6 is 0 Å². The van der Waals surface area contributed by atoms with Crippen molar-refractivity contribution in [2.24, 2.45) is 0 Å². The van der Waals surface area contributed by atoms with Gasteiger partial charge in [0.2, 0.25) is 0 Å². The molecule has 0 aliphatic heterocycles. The number of benzene rings is 1. The first kappa shape index (κ1) is 14.5. The van der Waals surface area contributed by atoms with Gasteiger partial charge in [-0.25, -0.2) is 0 Å². The molecular weight excluding hydrogens is 264 g/mol. The van der Waals surface area contributed by atoms with E-state index in [2.05, 4.69) is 21.7 Å². The molecule has 5 nitrogen and oxygen atoms in total. The summed E-state index contributed by atoms with van der Waals surface area (Å²) in [6.07, 6.45) is 3.23. The van der Waals surface area contributed by atoms with Crippen LogP contribution in [0.3, 0.4) is 0 Å². The lowest BCUT2D eigenvalue weighted by Crippen LogP contribution is -2.24. The Kier molecular flexibility index (Phi) is 4.89. The van der Waals surface area contributed by atoms with E-state index in [9.17, 15) is 4.79 Å². The second kappa shape index (κ2) is 7.06. The normalized spacial score (nSPS) is 9.71. The molecule has 106 valence electrons. The quantitative estimate of drug-likeness (QED) is 0.881. The lowest BCUT2D eigenvalue weighted by Gasteiger charge is -2.10. The molecular formula is C16H16N4O. The van der Waals surface area contributed by atoms with E-state index in [-0.39, 0.29) is 5.91 Å². The Morgan fingerprint density at radius 1 is 1.29 bits per heavy atom. The molecule has 0 aliphatic carbocycles. The highest BCUT2D eigenvalue weighted by Crippen LogP contribution is 2.13. The number of nitrogens with one attached hydrogen (secondary N) is 2. The number of hydrogen-bond acceptors (Lipinski definition) is 4. The SMILES string of the molecule is CCNc1cnccc1C(=O)NCc1ccc(C#N)cc1. The molecule has 2 rings (SSSR count). The van der Waals surface area contributed by atoms with Crippen LogP contribution in [-0.4, -0.2) is 17.4 Å². The van der Waals surface area contributed by atoms with Gasteiger partial charge in [0.15, 0.2) is 0 Å². The van der Waals surface area contributed by atoms with Gasteiger partial charge in [0.1, 0.15) is 0 Å². The van der Waals surface area contributed by atoms with Gasteiger partial charge < -0.3 is 10.6 Å². The number of hydrogen-bond donors (Lipinski definition) is 2. The summed E-state index contributed by atoms with van der Waals surface area (Å²) in [5.74, 6) is -0.155. The van der Waals surface area contributed by atoms with Gasteiger partial charge in [-0.2, -0.15) is 5.26 Å². The van der Waals surface area contributed by atoms with Crippen LogP contribution in [0.25, 0.3) is 0 Å². The largest absolute Gasteiger partial charge is 0.383 e. The predicted octanol–water partition coefficient (Wildman–Crippen LogP) is 2.32. The fraction of sp³-hybridized carbons (Fsp3) is 0.188. The average Bonchev–Trinajstić information content (AvgIpc) is 2.54. The number of carbonyl (C=O) groups excluding carboxylic acids is 1. The van der Waals surface area contributed by atoms with E-state index < -0.39 is 0 Å². The number of nitrogens with zero attached hydrogens (tertiary/aromatic N) is 2. The van der Waals surface area contributed by atoms with Gasteiger partial charge in [0.05, 0.1) is 29.1 Å². The standard InChI is InChI=1S/C16H16N4O/c1-2-19-15-11-18-8-7-14(15)16(21)20-10-13-5-3-12(9-17)4-6-13/h3-8,11,19H,2,10H2,1H3,(H,20,21). The first-order valence-electron chi connectivity index (χ1n) is 6.69. The molecule has 0 fully saturated rings. The summed E-state index contributed by atoms with van der Waals surface area (Å²) in [5.41, 5.74) is 2.84. The molecule has 21 heavy (non-hydrogen) atoms. The Bertz CT molecular complexity index is 659. The van der Waals surface area contributed by atoms with Gasteiger partial charge in [-0.1, -0.05) is 12.1 Å². The third kappa shape index (κ3) is 3.80. The Morgan fingerprint density at radius 3 is 2.71 bits per heavy atom. The number of carbonyl (C=O) groups is 1. The molecule has 1 aromatic heterocycles. The van der Waals surface area contributed by atoms with Crippen molar-refractivity contribution in [3.8, 4) is 6.07 Å². The summed E-state index contributed by atoms with van der Waals surface area (Å²) in [6.45, 7) is 3.10. The number of aromatic nitrogens is 1. The van der Waals surface area contributed by atoms with Crippen LogP contribution in [0.4, 0.5) is 5.69 Å². The van der Waals surface area contributed by atoms with Gasteiger partial charge in [0, 0.05) is 19.3 Å². The number of anilines is 1. The van der Waals surface area contributed by atoms with Gasteiger partial charge in [0.25, 0.3) is 5.91 Å². The van der Waals surface area contributed by atoms with E-state index in [0.29, 0.717) is 17.7 Å². The van der Waals surface area contributed by atoms with Gasteiger partial charge in [-0.05, 0) is 30.7 Å². The van der Waals surface area contributed by atoms with E-state index >= 15 is 0 Å². The first-order chi connectivity index (χ1) is 10.2. The summed E-state index contributed by atoms with van der Waals surface area (Å²) in [5, 5.41) is 14.7. The van der Waals surface area contributed by atoms with E-state index in [0.717, 1.165) is 17.8 Å². The van der Waals surface area contributed by atoms with E-state index in [1.54, 1.807) is 30.6 Å². The molecule has 0 saturated heterocycles. The average molecular weight is 280 g/mol. The van der Waals surface area contributed by atoms with Crippen LogP contribution in [-0.2, 0) is 6.54 Å². The topological polar surface area (TPSA) is 77.8 Å². The number of pyridine rings is 1. The predicted molar refractivity (Wildman–Crippen MR) is 80.7 cm³/mol. The van der Waals surface area contributed by atoms with Crippen LogP contribution in [0.5, 0.6) is 0 Å². The molecule has 2 N–H and O–H groups in total. The highest BCUT2D eigenvalue weighted by Gasteiger charge is 2.10. The molecule has 1 aromatic carbocycles. The minimum Gasteiger partial charge on any atom is -0.383 e. The zero-order valence-electron chi connectivity index (χ0n) is 11.8. The maximum absolute atomic E-state index is 12.2. The van der Waals surface area contributed by atoms with Crippen LogP contribution in [0, 0.1) is 11.3 Å². The van der Waals surface area contributed by atoms with Gasteiger partial charge in [-0.3, -0.25) is 9.78 Å². The first-order valence-corrected chi connectivity index (χ1v) is 6.69. The highest BCUT2D eigenvalue weighted by atomic mass is 16.1. The second-order valence-corrected chi connectivity index (χ2v) is 4.44. The maximum Gasteiger partial charge on any atom is 0.253 e. The fourth-order valence-electron chi connectivity index (χ4n) is 1.90.